The second-order valence-electron chi connectivity index (χ2n) is 7.57. The molecule has 1 saturated heterocycles. The Labute approximate surface area is 181 Å². The van der Waals surface area contributed by atoms with E-state index in [-0.39, 0.29) is 12.5 Å². The van der Waals surface area contributed by atoms with Crippen molar-refractivity contribution in [2.24, 2.45) is 0 Å². The van der Waals surface area contributed by atoms with Gasteiger partial charge in [-0.05, 0) is 44.4 Å². The first-order chi connectivity index (χ1) is 14.9. The zero-order valence-corrected chi connectivity index (χ0v) is 18.3. The van der Waals surface area contributed by atoms with Crippen LogP contribution in [0.5, 0.6) is 5.75 Å². The van der Waals surface area contributed by atoms with E-state index in [4.69, 9.17) is 14.2 Å². The monoisotopic (exact) mass is 428 g/mol. The first-order valence-corrected chi connectivity index (χ1v) is 10.2. The van der Waals surface area contributed by atoms with Crippen molar-refractivity contribution in [3.63, 3.8) is 0 Å². The lowest BCUT2D eigenvalue weighted by molar-refractivity contribution is -0.137. The van der Waals surface area contributed by atoms with Crippen molar-refractivity contribution in [3.8, 4) is 5.75 Å². The van der Waals surface area contributed by atoms with E-state index in [1.165, 1.54) is 14.2 Å². The number of benzene rings is 1. The van der Waals surface area contributed by atoms with E-state index < -0.39 is 17.9 Å². The molecule has 1 fully saturated rings. The highest BCUT2D eigenvalue weighted by Crippen LogP contribution is 2.40. The summed E-state index contributed by atoms with van der Waals surface area (Å²) in [5.74, 6) is -1.35. The van der Waals surface area contributed by atoms with Crippen LogP contribution in [0.25, 0.3) is 0 Å². The fourth-order valence-electron chi connectivity index (χ4n) is 4.08. The summed E-state index contributed by atoms with van der Waals surface area (Å²) < 4.78 is 15.7. The number of nitrogens with one attached hydrogen (secondary N) is 1. The van der Waals surface area contributed by atoms with Gasteiger partial charge in [0.1, 0.15) is 5.75 Å². The average molecular weight is 428 g/mol. The molecule has 2 aliphatic heterocycles. The minimum absolute atomic E-state index is 0.0539. The van der Waals surface area contributed by atoms with Crippen LogP contribution in [0.3, 0.4) is 0 Å². The number of ether oxygens (including phenoxy) is 3. The van der Waals surface area contributed by atoms with E-state index in [1.54, 1.807) is 43.0 Å². The predicted octanol–water partition coefficient (Wildman–Crippen LogP) is 2.27. The summed E-state index contributed by atoms with van der Waals surface area (Å²) in [7, 11) is 2.60. The van der Waals surface area contributed by atoms with E-state index in [1.807, 2.05) is 0 Å². The van der Waals surface area contributed by atoms with Crippen molar-refractivity contribution in [2.45, 2.75) is 32.6 Å². The molecule has 2 heterocycles. The Morgan fingerprint density at radius 1 is 1.00 bits per heavy atom. The number of hydrogen-bond donors (Lipinski definition) is 1. The number of nitrogens with zero attached hydrogens (tertiary/aromatic N) is 1. The van der Waals surface area contributed by atoms with Crippen LogP contribution in [0.2, 0.25) is 0 Å². The van der Waals surface area contributed by atoms with Crippen LogP contribution in [-0.2, 0) is 23.9 Å². The van der Waals surface area contributed by atoms with Gasteiger partial charge in [-0.1, -0.05) is 12.1 Å². The maximum Gasteiger partial charge on any atom is 0.336 e. The van der Waals surface area contributed by atoms with Crippen LogP contribution in [0.1, 0.15) is 38.2 Å². The van der Waals surface area contributed by atoms with Crippen molar-refractivity contribution in [3.05, 3.63) is 52.4 Å². The van der Waals surface area contributed by atoms with Gasteiger partial charge >= 0.3 is 11.9 Å². The van der Waals surface area contributed by atoms with Gasteiger partial charge < -0.3 is 24.4 Å². The second kappa shape index (κ2) is 9.68. The van der Waals surface area contributed by atoms with Crippen LogP contribution >= 0.6 is 0 Å². The first kappa shape index (κ1) is 22.4. The smallest absolute Gasteiger partial charge is 0.336 e. The third-order valence-electron chi connectivity index (χ3n) is 5.58. The summed E-state index contributed by atoms with van der Waals surface area (Å²) in [6.07, 6.45) is 2.03. The lowest BCUT2D eigenvalue weighted by Crippen LogP contribution is -2.32. The van der Waals surface area contributed by atoms with Crippen molar-refractivity contribution in [1.29, 1.82) is 0 Å². The second-order valence-corrected chi connectivity index (χ2v) is 7.57. The number of amides is 1. The van der Waals surface area contributed by atoms with Crippen molar-refractivity contribution in [1.82, 2.24) is 10.2 Å². The molecule has 0 unspecified atom stereocenters. The van der Waals surface area contributed by atoms with Gasteiger partial charge in [0.05, 0.1) is 31.3 Å². The molecule has 1 aromatic carbocycles. The zero-order chi connectivity index (χ0) is 22.5. The number of hydrogen-bond acceptors (Lipinski definition) is 7. The highest BCUT2D eigenvalue weighted by molar-refractivity contribution is 5.99. The number of rotatable bonds is 6. The SMILES string of the molecule is COC(=O)C1=C(C)NC(C)=C(C(=O)OC)C1c1cccc(OCC(=O)N2CCCC2)c1. The van der Waals surface area contributed by atoms with E-state index in [0.717, 1.165) is 25.9 Å². The van der Waals surface area contributed by atoms with Gasteiger partial charge in [-0.25, -0.2) is 9.59 Å². The first-order valence-electron chi connectivity index (χ1n) is 10.2. The molecule has 0 saturated carbocycles. The molecule has 0 radical (unpaired) electrons. The predicted molar refractivity (Wildman–Crippen MR) is 113 cm³/mol. The normalized spacial score (nSPS) is 16.8. The van der Waals surface area contributed by atoms with Gasteiger partial charge in [0.15, 0.2) is 6.61 Å². The molecule has 0 spiro atoms. The van der Waals surface area contributed by atoms with E-state index in [9.17, 15) is 14.4 Å². The molecule has 1 amide bonds. The molecule has 31 heavy (non-hydrogen) atoms. The average Bonchev–Trinajstić information content (AvgIpc) is 3.31. The minimum atomic E-state index is -0.695. The van der Waals surface area contributed by atoms with Crippen molar-refractivity contribution < 1.29 is 28.6 Å². The van der Waals surface area contributed by atoms with E-state index in [2.05, 4.69) is 5.32 Å². The molecule has 0 aromatic heterocycles. The Balaban J connectivity index is 1.93. The number of likely N-dealkylation sites (tertiary alicyclic amines) is 1. The third-order valence-corrected chi connectivity index (χ3v) is 5.58. The number of carbonyl (C=O) groups is 3. The van der Waals surface area contributed by atoms with Gasteiger partial charge in [-0.3, -0.25) is 4.79 Å². The molecule has 2 aliphatic rings. The lowest BCUT2D eigenvalue weighted by atomic mass is 9.80. The summed E-state index contributed by atoms with van der Waals surface area (Å²) >= 11 is 0. The van der Waals surface area contributed by atoms with Crippen LogP contribution in [0.15, 0.2) is 46.8 Å². The molecule has 8 nitrogen and oxygen atoms in total. The molecule has 166 valence electrons. The van der Waals surface area contributed by atoms with E-state index >= 15 is 0 Å². The van der Waals surface area contributed by atoms with Crippen LogP contribution < -0.4 is 10.1 Å². The molecule has 1 N–H and O–H groups in total. The molecule has 3 rings (SSSR count). The van der Waals surface area contributed by atoms with Gasteiger partial charge in [0.2, 0.25) is 0 Å². The number of dihydropyridines is 1. The molecular weight excluding hydrogens is 400 g/mol. The molecule has 8 heteroatoms. The Kier molecular flexibility index (Phi) is 6.99. The summed E-state index contributed by atoms with van der Waals surface area (Å²) in [5.41, 5.74) is 2.49. The minimum Gasteiger partial charge on any atom is -0.484 e. The molecule has 0 atom stereocenters. The Hall–Kier alpha value is -3.29. The zero-order valence-electron chi connectivity index (χ0n) is 18.3. The van der Waals surface area contributed by atoms with Crippen molar-refractivity contribution >= 4 is 17.8 Å². The lowest BCUT2D eigenvalue weighted by Gasteiger charge is -2.30. The number of allylic oxidation sites excluding steroid dienone is 2. The molecular formula is C23H28N2O6. The Bertz CT molecular complexity index is 905. The van der Waals surface area contributed by atoms with Gasteiger partial charge in [-0.15, -0.1) is 0 Å². The summed E-state index contributed by atoms with van der Waals surface area (Å²) in [5, 5.41) is 3.07. The molecule has 1 aromatic rings. The van der Waals surface area contributed by atoms with Gasteiger partial charge in [0, 0.05) is 24.5 Å². The standard InChI is InChI=1S/C23H28N2O6/c1-14-19(22(27)29-3)21(20(15(2)24-14)23(28)30-4)16-8-7-9-17(12-16)31-13-18(26)25-10-5-6-11-25/h7-9,12,21,24H,5-6,10-11,13H2,1-4H3. The fraction of sp³-hybridized carbons (Fsp3) is 0.435. The largest absolute Gasteiger partial charge is 0.484 e. The highest BCUT2D eigenvalue weighted by Gasteiger charge is 2.37. The topological polar surface area (TPSA) is 94.2 Å². The fourth-order valence-corrected chi connectivity index (χ4v) is 4.08. The summed E-state index contributed by atoms with van der Waals surface area (Å²) in [4.78, 5) is 39.3. The van der Waals surface area contributed by atoms with Crippen LogP contribution in [0, 0.1) is 0 Å². The van der Waals surface area contributed by atoms with Crippen molar-refractivity contribution in [2.75, 3.05) is 33.9 Å². The Morgan fingerprint density at radius 3 is 2.13 bits per heavy atom. The summed E-state index contributed by atoms with van der Waals surface area (Å²) in [6, 6.07) is 7.05. The quantitative estimate of drug-likeness (QED) is 0.695. The van der Waals surface area contributed by atoms with Gasteiger partial charge in [-0.2, -0.15) is 0 Å². The number of esters is 2. The third kappa shape index (κ3) is 4.73. The summed E-state index contributed by atoms with van der Waals surface area (Å²) in [6.45, 7) is 4.97. The molecule has 0 aliphatic carbocycles. The van der Waals surface area contributed by atoms with E-state index in [0.29, 0.717) is 33.9 Å². The van der Waals surface area contributed by atoms with Crippen LogP contribution in [-0.4, -0.2) is 56.7 Å². The number of carbonyl (C=O) groups excluding carboxylic acids is 3. The van der Waals surface area contributed by atoms with Crippen LogP contribution in [0.4, 0.5) is 0 Å². The maximum absolute atomic E-state index is 12.6. The number of methoxy groups -OCH3 is 2. The Morgan fingerprint density at radius 2 is 1.58 bits per heavy atom. The van der Waals surface area contributed by atoms with Gasteiger partial charge in [0.25, 0.3) is 5.91 Å². The highest BCUT2D eigenvalue weighted by atomic mass is 16.5. The molecule has 0 bridgehead atoms. The maximum atomic E-state index is 12.6.